The third kappa shape index (κ3) is 1.98. The van der Waals surface area contributed by atoms with Crippen molar-refractivity contribution in [3.05, 3.63) is 29.8 Å². The van der Waals surface area contributed by atoms with Crippen molar-refractivity contribution >= 4 is 5.69 Å². The molecule has 1 atom stereocenters. The number of rotatable bonds is 3. The lowest BCUT2D eigenvalue weighted by Gasteiger charge is -2.12. The van der Waals surface area contributed by atoms with Gasteiger partial charge in [0.15, 0.2) is 0 Å². The van der Waals surface area contributed by atoms with Gasteiger partial charge in [0.25, 0.3) is 0 Å². The van der Waals surface area contributed by atoms with Crippen molar-refractivity contribution in [2.45, 2.75) is 12.8 Å². The zero-order valence-electron chi connectivity index (χ0n) is 7.58. The molecule has 0 heterocycles. The predicted octanol–water partition coefficient (Wildman–Crippen LogP) is 2.02. The molecule has 1 unspecified atom stereocenters. The Kier molecular flexibility index (Phi) is 3.11. The van der Waals surface area contributed by atoms with Crippen LogP contribution in [0.2, 0.25) is 0 Å². The first-order valence-electron chi connectivity index (χ1n) is 4.09. The number of nitrogen functional groups attached to an aromatic ring is 1. The van der Waals surface area contributed by atoms with Crippen LogP contribution in [0.5, 0.6) is 0 Å². The lowest BCUT2D eigenvalue weighted by Crippen LogP contribution is -2.04. The van der Waals surface area contributed by atoms with Gasteiger partial charge in [0, 0.05) is 18.7 Å². The van der Waals surface area contributed by atoms with Crippen LogP contribution in [0.1, 0.15) is 18.4 Å². The van der Waals surface area contributed by atoms with Crippen molar-refractivity contribution in [2.75, 3.05) is 19.5 Å². The van der Waals surface area contributed by atoms with Crippen LogP contribution >= 0.6 is 0 Å². The molecular weight excluding hydrogens is 150 g/mol. The van der Waals surface area contributed by atoms with E-state index in [1.165, 1.54) is 5.56 Å². The molecule has 2 heteroatoms. The Labute approximate surface area is 73.3 Å². The van der Waals surface area contributed by atoms with Gasteiger partial charge in [-0.2, -0.15) is 0 Å². The maximum absolute atomic E-state index is 5.80. The second-order valence-electron chi connectivity index (χ2n) is 2.99. The van der Waals surface area contributed by atoms with Crippen molar-refractivity contribution < 1.29 is 4.74 Å². The van der Waals surface area contributed by atoms with Crippen molar-refractivity contribution in [3.8, 4) is 0 Å². The molecule has 0 spiro atoms. The molecule has 2 nitrogen and oxygen atoms in total. The zero-order chi connectivity index (χ0) is 8.97. The first-order chi connectivity index (χ1) is 5.75. The average molecular weight is 165 g/mol. The zero-order valence-corrected chi connectivity index (χ0v) is 7.58. The smallest absolute Gasteiger partial charge is 0.0529 e. The second-order valence-corrected chi connectivity index (χ2v) is 2.99. The number of para-hydroxylation sites is 1. The first-order valence-corrected chi connectivity index (χ1v) is 4.09. The number of methoxy groups -OCH3 is 1. The van der Waals surface area contributed by atoms with E-state index in [-0.39, 0.29) is 0 Å². The van der Waals surface area contributed by atoms with E-state index in [9.17, 15) is 0 Å². The summed E-state index contributed by atoms with van der Waals surface area (Å²) in [6.07, 6.45) is 0. The summed E-state index contributed by atoms with van der Waals surface area (Å²) in [4.78, 5) is 0. The Bertz CT molecular complexity index is 247. The predicted molar refractivity (Wildman–Crippen MR) is 51.1 cm³/mol. The molecule has 1 aromatic carbocycles. The van der Waals surface area contributed by atoms with Crippen LogP contribution in [-0.2, 0) is 4.74 Å². The largest absolute Gasteiger partial charge is 0.398 e. The minimum absolute atomic E-state index is 0.371. The van der Waals surface area contributed by atoms with E-state index >= 15 is 0 Å². The van der Waals surface area contributed by atoms with Crippen molar-refractivity contribution in [3.63, 3.8) is 0 Å². The molecular formula is C10H15NO. The number of benzene rings is 1. The molecule has 1 aromatic rings. The van der Waals surface area contributed by atoms with Gasteiger partial charge in [0.2, 0.25) is 0 Å². The minimum Gasteiger partial charge on any atom is -0.398 e. The third-order valence-corrected chi connectivity index (χ3v) is 1.94. The lowest BCUT2D eigenvalue weighted by molar-refractivity contribution is 0.184. The molecule has 0 aliphatic heterocycles. The number of ether oxygens (including phenoxy) is 1. The maximum Gasteiger partial charge on any atom is 0.0529 e. The fraction of sp³-hybridized carbons (Fsp3) is 0.400. The van der Waals surface area contributed by atoms with Gasteiger partial charge in [0.05, 0.1) is 6.61 Å². The Balaban J connectivity index is 2.79. The normalized spacial score (nSPS) is 12.8. The minimum atomic E-state index is 0.371. The van der Waals surface area contributed by atoms with Crippen LogP contribution in [0.25, 0.3) is 0 Å². The molecule has 0 aliphatic carbocycles. The summed E-state index contributed by atoms with van der Waals surface area (Å²) < 4.78 is 5.06. The highest BCUT2D eigenvalue weighted by Crippen LogP contribution is 2.21. The summed E-state index contributed by atoms with van der Waals surface area (Å²) in [5, 5.41) is 0. The van der Waals surface area contributed by atoms with Crippen LogP contribution in [-0.4, -0.2) is 13.7 Å². The molecule has 0 fully saturated rings. The molecule has 1 rings (SSSR count). The van der Waals surface area contributed by atoms with Gasteiger partial charge in [-0.1, -0.05) is 25.1 Å². The monoisotopic (exact) mass is 165 g/mol. The Hall–Kier alpha value is -1.02. The standard InChI is InChI=1S/C10H15NO/c1-8(7-12-2)9-5-3-4-6-10(9)11/h3-6,8H,7,11H2,1-2H3. The van der Waals surface area contributed by atoms with Crippen molar-refractivity contribution in [1.29, 1.82) is 0 Å². The molecule has 0 amide bonds. The lowest BCUT2D eigenvalue weighted by atomic mass is 10.0. The molecule has 0 aliphatic rings. The van der Waals surface area contributed by atoms with Crippen LogP contribution in [0.4, 0.5) is 5.69 Å². The molecule has 66 valence electrons. The highest BCUT2D eigenvalue weighted by Gasteiger charge is 2.06. The van der Waals surface area contributed by atoms with Crippen LogP contribution < -0.4 is 5.73 Å². The summed E-state index contributed by atoms with van der Waals surface area (Å²) in [5.74, 6) is 0.371. The Morgan fingerprint density at radius 1 is 1.42 bits per heavy atom. The van der Waals surface area contributed by atoms with E-state index in [4.69, 9.17) is 10.5 Å². The van der Waals surface area contributed by atoms with Gasteiger partial charge in [-0.05, 0) is 11.6 Å². The molecule has 0 radical (unpaired) electrons. The fourth-order valence-electron chi connectivity index (χ4n) is 1.30. The summed E-state index contributed by atoms with van der Waals surface area (Å²) in [6, 6.07) is 7.90. The number of nitrogens with two attached hydrogens (primary N) is 1. The quantitative estimate of drug-likeness (QED) is 0.695. The molecule has 2 N–H and O–H groups in total. The number of hydrogen-bond donors (Lipinski definition) is 1. The molecule has 0 saturated carbocycles. The average Bonchev–Trinajstić information content (AvgIpc) is 2.05. The van der Waals surface area contributed by atoms with E-state index in [2.05, 4.69) is 6.92 Å². The third-order valence-electron chi connectivity index (χ3n) is 1.94. The second kappa shape index (κ2) is 4.12. The van der Waals surface area contributed by atoms with Crippen molar-refractivity contribution in [1.82, 2.24) is 0 Å². The van der Waals surface area contributed by atoms with Gasteiger partial charge in [-0.15, -0.1) is 0 Å². The molecule has 12 heavy (non-hydrogen) atoms. The van der Waals surface area contributed by atoms with E-state index < -0.39 is 0 Å². The van der Waals surface area contributed by atoms with Crippen LogP contribution in [0.15, 0.2) is 24.3 Å². The molecule has 0 bridgehead atoms. The summed E-state index contributed by atoms with van der Waals surface area (Å²) in [7, 11) is 1.70. The van der Waals surface area contributed by atoms with Gasteiger partial charge >= 0.3 is 0 Å². The van der Waals surface area contributed by atoms with Gasteiger partial charge < -0.3 is 10.5 Å². The van der Waals surface area contributed by atoms with Gasteiger partial charge in [-0.3, -0.25) is 0 Å². The van der Waals surface area contributed by atoms with Crippen LogP contribution in [0.3, 0.4) is 0 Å². The summed E-state index contributed by atoms with van der Waals surface area (Å²) >= 11 is 0. The van der Waals surface area contributed by atoms with Gasteiger partial charge in [0.1, 0.15) is 0 Å². The summed E-state index contributed by atoms with van der Waals surface area (Å²) in [5.41, 5.74) is 7.81. The van der Waals surface area contributed by atoms with Crippen molar-refractivity contribution in [2.24, 2.45) is 0 Å². The first kappa shape index (κ1) is 9.07. The maximum atomic E-state index is 5.80. The SMILES string of the molecule is COCC(C)c1ccccc1N. The molecule has 0 saturated heterocycles. The molecule has 0 aromatic heterocycles. The number of anilines is 1. The fourth-order valence-corrected chi connectivity index (χ4v) is 1.30. The number of hydrogen-bond acceptors (Lipinski definition) is 2. The topological polar surface area (TPSA) is 35.2 Å². The highest BCUT2D eigenvalue weighted by molar-refractivity contribution is 5.48. The van der Waals surface area contributed by atoms with Gasteiger partial charge in [-0.25, -0.2) is 0 Å². The Morgan fingerprint density at radius 2 is 2.08 bits per heavy atom. The van der Waals surface area contributed by atoms with Crippen LogP contribution in [0, 0.1) is 0 Å². The van der Waals surface area contributed by atoms with E-state index in [0.717, 1.165) is 5.69 Å². The van der Waals surface area contributed by atoms with E-state index in [1.807, 2.05) is 24.3 Å². The summed E-state index contributed by atoms with van der Waals surface area (Å²) in [6.45, 7) is 2.82. The van der Waals surface area contributed by atoms with E-state index in [0.29, 0.717) is 12.5 Å². The highest BCUT2D eigenvalue weighted by atomic mass is 16.5. The van der Waals surface area contributed by atoms with E-state index in [1.54, 1.807) is 7.11 Å². The Morgan fingerprint density at radius 3 is 2.67 bits per heavy atom.